The van der Waals surface area contributed by atoms with Crippen LogP contribution in [0.25, 0.3) is 5.69 Å². The van der Waals surface area contributed by atoms with Crippen LogP contribution in [0.15, 0.2) is 42.7 Å². The molecule has 1 aromatic carbocycles. The van der Waals surface area contributed by atoms with Crippen molar-refractivity contribution in [2.24, 2.45) is 5.92 Å². The van der Waals surface area contributed by atoms with E-state index in [1.54, 1.807) is 0 Å². The highest BCUT2D eigenvalue weighted by molar-refractivity contribution is 5.40. The lowest BCUT2D eigenvalue weighted by atomic mass is 9.98. The summed E-state index contributed by atoms with van der Waals surface area (Å²) in [6.07, 6.45) is 6.49. The molecule has 4 nitrogen and oxygen atoms in total. The van der Waals surface area contributed by atoms with Gasteiger partial charge in [0.25, 0.3) is 0 Å². The minimum atomic E-state index is 0.778. The Morgan fingerprint density at radius 3 is 3.00 bits per heavy atom. The molecule has 0 radical (unpaired) electrons. The van der Waals surface area contributed by atoms with Gasteiger partial charge in [0.1, 0.15) is 0 Å². The fourth-order valence-corrected chi connectivity index (χ4v) is 3.15. The average molecular weight is 284 g/mol. The Labute approximate surface area is 126 Å². The van der Waals surface area contributed by atoms with E-state index in [1.807, 2.05) is 23.1 Å². The number of hydrogen-bond acceptors (Lipinski definition) is 3. The molecule has 21 heavy (non-hydrogen) atoms. The van der Waals surface area contributed by atoms with Crippen LogP contribution in [0.3, 0.4) is 0 Å². The van der Waals surface area contributed by atoms with Crippen LogP contribution >= 0.6 is 0 Å². The molecule has 0 spiro atoms. The zero-order valence-electron chi connectivity index (χ0n) is 12.7. The first-order chi connectivity index (χ1) is 10.3. The van der Waals surface area contributed by atoms with Gasteiger partial charge >= 0.3 is 0 Å². The number of hydrogen-bond donors (Lipinski definition) is 1. The first-order valence-electron chi connectivity index (χ1n) is 7.80. The van der Waals surface area contributed by atoms with E-state index in [1.165, 1.54) is 31.5 Å². The van der Waals surface area contributed by atoms with Crippen LogP contribution in [0.1, 0.15) is 18.4 Å². The van der Waals surface area contributed by atoms with Crippen molar-refractivity contribution in [2.75, 3.05) is 26.7 Å². The predicted molar refractivity (Wildman–Crippen MR) is 85.5 cm³/mol. The molecule has 1 atom stereocenters. The summed E-state index contributed by atoms with van der Waals surface area (Å²) in [5, 5.41) is 7.96. The van der Waals surface area contributed by atoms with Gasteiger partial charge in [0.2, 0.25) is 0 Å². The molecule has 2 heterocycles. The minimum Gasteiger partial charge on any atom is -0.312 e. The molecule has 0 saturated carbocycles. The topological polar surface area (TPSA) is 33.1 Å². The molecular formula is C17H24N4. The van der Waals surface area contributed by atoms with Gasteiger partial charge in [0, 0.05) is 25.5 Å². The van der Waals surface area contributed by atoms with Crippen molar-refractivity contribution in [3.8, 4) is 5.69 Å². The highest BCUT2D eigenvalue weighted by atomic mass is 15.3. The summed E-state index contributed by atoms with van der Waals surface area (Å²) >= 11 is 0. The van der Waals surface area contributed by atoms with Crippen molar-refractivity contribution in [1.82, 2.24) is 20.0 Å². The lowest BCUT2D eigenvalue weighted by Gasteiger charge is -2.29. The maximum atomic E-state index is 4.34. The van der Waals surface area contributed by atoms with E-state index in [-0.39, 0.29) is 0 Å². The number of aromatic nitrogens is 2. The van der Waals surface area contributed by atoms with Crippen LogP contribution in [0.4, 0.5) is 0 Å². The molecule has 2 aromatic rings. The number of rotatable bonds is 5. The van der Waals surface area contributed by atoms with Crippen molar-refractivity contribution in [2.45, 2.75) is 19.4 Å². The molecule has 0 amide bonds. The van der Waals surface area contributed by atoms with Crippen molar-refractivity contribution in [3.63, 3.8) is 0 Å². The minimum absolute atomic E-state index is 0.778. The van der Waals surface area contributed by atoms with Gasteiger partial charge in [-0.2, -0.15) is 5.10 Å². The first-order valence-corrected chi connectivity index (χ1v) is 7.80. The quantitative estimate of drug-likeness (QED) is 0.914. The summed E-state index contributed by atoms with van der Waals surface area (Å²) in [6, 6.07) is 10.4. The summed E-state index contributed by atoms with van der Waals surface area (Å²) in [7, 11) is 2.22. The van der Waals surface area contributed by atoms with Gasteiger partial charge in [-0.25, -0.2) is 4.68 Å². The normalized spacial score (nSPS) is 19.8. The Morgan fingerprint density at radius 2 is 2.19 bits per heavy atom. The van der Waals surface area contributed by atoms with E-state index >= 15 is 0 Å². The summed E-state index contributed by atoms with van der Waals surface area (Å²) < 4.78 is 1.94. The molecule has 112 valence electrons. The summed E-state index contributed by atoms with van der Waals surface area (Å²) in [6.45, 7) is 4.46. The van der Waals surface area contributed by atoms with Crippen LogP contribution in [0.2, 0.25) is 0 Å². The van der Waals surface area contributed by atoms with Crippen LogP contribution in [-0.2, 0) is 6.54 Å². The second-order valence-electron chi connectivity index (χ2n) is 5.98. The van der Waals surface area contributed by atoms with E-state index in [4.69, 9.17) is 0 Å². The molecule has 1 aliphatic heterocycles. The number of benzene rings is 1. The molecule has 0 aliphatic carbocycles. The second kappa shape index (κ2) is 6.87. The number of likely N-dealkylation sites (tertiary alicyclic amines) is 1. The van der Waals surface area contributed by atoms with Gasteiger partial charge in [0.05, 0.1) is 5.69 Å². The third kappa shape index (κ3) is 3.71. The van der Waals surface area contributed by atoms with Crippen LogP contribution in [0.5, 0.6) is 0 Å². The summed E-state index contributed by atoms with van der Waals surface area (Å²) in [5.41, 5.74) is 2.46. The standard InChI is InChI=1S/C17H24N4/c1-20-10-4-6-15(14-20)12-18-13-16-7-2-3-8-17(16)21-11-5-9-19-21/h2-3,5,7-9,11,15,18H,4,6,10,12-14H2,1H3. The second-order valence-corrected chi connectivity index (χ2v) is 5.98. The molecule has 3 rings (SSSR count). The zero-order chi connectivity index (χ0) is 14.5. The molecule has 0 bridgehead atoms. The fraction of sp³-hybridized carbons (Fsp3) is 0.471. The number of piperidine rings is 1. The Hall–Kier alpha value is -1.65. The molecule has 1 aliphatic rings. The Balaban J connectivity index is 1.58. The molecule has 4 heteroatoms. The van der Waals surface area contributed by atoms with Gasteiger partial charge in [-0.15, -0.1) is 0 Å². The SMILES string of the molecule is CN1CCCC(CNCc2ccccc2-n2cccn2)C1. The number of nitrogens with zero attached hydrogens (tertiary/aromatic N) is 3. The summed E-state index contributed by atoms with van der Waals surface area (Å²) in [5.74, 6) is 0.778. The Bertz CT molecular complexity index is 550. The van der Waals surface area contributed by atoms with Crippen molar-refractivity contribution >= 4 is 0 Å². The monoisotopic (exact) mass is 284 g/mol. The molecule has 1 unspecified atom stereocenters. The fourth-order valence-electron chi connectivity index (χ4n) is 3.15. The molecule has 1 saturated heterocycles. The lowest BCUT2D eigenvalue weighted by Crippen LogP contribution is -2.37. The van der Waals surface area contributed by atoms with E-state index in [2.05, 4.69) is 46.6 Å². The summed E-state index contributed by atoms with van der Waals surface area (Å²) in [4.78, 5) is 2.44. The van der Waals surface area contributed by atoms with E-state index in [0.717, 1.165) is 24.7 Å². The van der Waals surface area contributed by atoms with Gasteiger partial charge in [-0.05, 0) is 56.6 Å². The third-order valence-corrected chi connectivity index (χ3v) is 4.21. The highest BCUT2D eigenvalue weighted by Gasteiger charge is 2.16. The van der Waals surface area contributed by atoms with Gasteiger partial charge in [-0.3, -0.25) is 0 Å². The third-order valence-electron chi connectivity index (χ3n) is 4.21. The predicted octanol–water partition coefficient (Wildman–Crippen LogP) is 2.30. The van der Waals surface area contributed by atoms with E-state index < -0.39 is 0 Å². The molecule has 1 N–H and O–H groups in total. The van der Waals surface area contributed by atoms with Crippen LogP contribution in [0, 0.1) is 5.92 Å². The average Bonchev–Trinajstić information content (AvgIpc) is 3.02. The van der Waals surface area contributed by atoms with E-state index in [0.29, 0.717) is 0 Å². The Kier molecular flexibility index (Phi) is 4.68. The van der Waals surface area contributed by atoms with Gasteiger partial charge in [-0.1, -0.05) is 18.2 Å². The molecule has 1 aromatic heterocycles. The van der Waals surface area contributed by atoms with Crippen LogP contribution in [-0.4, -0.2) is 41.4 Å². The molecular weight excluding hydrogens is 260 g/mol. The number of para-hydroxylation sites is 1. The van der Waals surface area contributed by atoms with Gasteiger partial charge in [0.15, 0.2) is 0 Å². The van der Waals surface area contributed by atoms with Crippen molar-refractivity contribution in [1.29, 1.82) is 0 Å². The maximum absolute atomic E-state index is 4.34. The largest absolute Gasteiger partial charge is 0.312 e. The smallest absolute Gasteiger partial charge is 0.0690 e. The lowest BCUT2D eigenvalue weighted by molar-refractivity contribution is 0.206. The molecule has 1 fully saturated rings. The van der Waals surface area contributed by atoms with Crippen molar-refractivity contribution < 1.29 is 0 Å². The van der Waals surface area contributed by atoms with Gasteiger partial charge < -0.3 is 10.2 Å². The first kappa shape index (κ1) is 14.3. The van der Waals surface area contributed by atoms with Crippen molar-refractivity contribution in [3.05, 3.63) is 48.3 Å². The Morgan fingerprint density at radius 1 is 1.29 bits per heavy atom. The maximum Gasteiger partial charge on any atom is 0.0690 e. The highest BCUT2D eigenvalue weighted by Crippen LogP contribution is 2.16. The van der Waals surface area contributed by atoms with Crippen LogP contribution < -0.4 is 5.32 Å². The van der Waals surface area contributed by atoms with E-state index in [9.17, 15) is 0 Å². The number of nitrogens with one attached hydrogen (secondary N) is 1. The zero-order valence-corrected chi connectivity index (χ0v) is 12.7.